The van der Waals surface area contributed by atoms with Crippen molar-refractivity contribution in [1.82, 2.24) is 9.88 Å². The summed E-state index contributed by atoms with van der Waals surface area (Å²) in [5.74, 6) is 0.472. The molecule has 7 rings (SSSR count). The first kappa shape index (κ1) is 26.0. The number of carbonyl (C=O) groups is 1. The maximum Gasteiger partial charge on any atom is 0.311 e. The molecule has 0 spiro atoms. The monoisotopic (exact) mass is 557 g/mol. The smallest absolute Gasteiger partial charge is 0.311 e. The van der Waals surface area contributed by atoms with E-state index in [1.54, 1.807) is 11.3 Å². The highest BCUT2D eigenvalue weighted by Gasteiger charge is 2.65. The second kappa shape index (κ2) is 10.2. The highest BCUT2D eigenvalue weighted by atomic mass is 32.1. The molecule has 1 aromatic heterocycles. The summed E-state index contributed by atoms with van der Waals surface area (Å²) >= 11 is 1.59. The van der Waals surface area contributed by atoms with Crippen LogP contribution in [-0.4, -0.2) is 46.6 Å². The second-order valence-electron chi connectivity index (χ2n) is 12.6. The summed E-state index contributed by atoms with van der Waals surface area (Å²) < 4.78 is 6.54. The summed E-state index contributed by atoms with van der Waals surface area (Å²) in [6.07, 6.45) is 8.82. The third kappa shape index (κ3) is 4.61. The number of para-hydroxylation sites is 1. The highest BCUT2D eigenvalue weighted by molar-refractivity contribution is 7.14. The lowest BCUT2D eigenvalue weighted by Crippen LogP contribution is -2.40. The molecular formula is C33H39N3O3S. The molecule has 2 saturated carbocycles. The lowest BCUT2D eigenvalue weighted by atomic mass is 9.89. The van der Waals surface area contributed by atoms with Crippen LogP contribution in [0.4, 0.5) is 5.13 Å². The van der Waals surface area contributed by atoms with E-state index < -0.39 is 11.4 Å². The minimum atomic E-state index is -0.662. The molecule has 40 heavy (non-hydrogen) atoms. The van der Waals surface area contributed by atoms with Crippen molar-refractivity contribution in [1.29, 1.82) is 0 Å². The standard InChI is InChI=1S/C33H39N3O3S/c1-21-7-6-10-27(29-19-40-32(34-29)36-16-25-15-33(25,20-36)31(37)38)30(21)39-18-23-13-22(2)28-17-35(12-11-24(28)14-23)26-8-4-3-5-9-26/h6-7,10,13-14,19,25-26H,3-5,8-9,11-12,15-18,20H2,1-2H3,(H,37,38)/t25-,33-/m0/s1. The molecule has 1 saturated heterocycles. The first-order chi connectivity index (χ1) is 19.4. The molecule has 2 aromatic carbocycles. The van der Waals surface area contributed by atoms with Crippen molar-refractivity contribution >= 4 is 22.4 Å². The van der Waals surface area contributed by atoms with Gasteiger partial charge in [0, 0.05) is 43.2 Å². The molecule has 2 atom stereocenters. The molecule has 3 fully saturated rings. The Morgan fingerprint density at radius 2 is 2.02 bits per heavy atom. The lowest BCUT2D eigenvalue weighted by Gasteiger charge is -2.38. The molecule has 1 N–H and O–H groups in total. The van der Waals surface area contributed by atoms with Crippen molar-refractivity contribution in [3.05, 3.63) is 63.5 Å². The van der Waals surface area contributed by atoms with Crippen molar-refractivity contribution < 1.29 is 14.6 Å². The van der Waals surface area contributed by atoms with Crippen molar-refractivity contribution in [2.45, 2.75) is 78.0 Å². The van der Waals surface area contributed by atoms with Crippen molar-refractivity contribution in [2.75, 3.05) is 24.5 Å². The number of nitrogens with zero attached hydrogens (tertiary/aromatic N) is 3. The predicted molar refractivity (Wildman–Crippen MR) is 159 cm³/mol. The SMILES string of the molecule is Cc1cc(COc2c(C)cccc2-c2csc(N3C[C@@H]4C[C@]4(C(=O)O)C3)n2)cc2c1CN(C1CCCCC1)CC2. The van der Waals surface area contributed by atoms with Crippen LogP contribution in [0.15, 0.2) is 35.7 Å². The van der Waals surface area contributed by atoms with E-state index in [0.717, 1.165) is 59.7 Å². The molecule has 2 aliphatic carbocycles. The number of aryl methyl sites for hydroxylation is 2. The Kier molecular flexibility index (Phi) is 6.62. The number of hydrogen-bond donors (Lipinski definition) is 1. The summed E-state index contributed by atoms with van der Waals surface area (Å²) in [5, 5.41) is 12.7. The Balaban J connectivity index is 1.07. The number of thiazole rings is 1. The Morgan fingerprint density at radius 1 is 1.18 bits per heavy atom. The number of anilines is 1. The minimum Gasteiger partial charge on any atom is -0.488 e. The number of carboxylic acids is 1. The van der Waals surface area contributed by atoms with E-state index in [9.17, 15) is 9.90 Å². The highest BCUT2D eigenvalue weighted by Crippen LogP contribution is 2.58. The molecule has 7 heteroatoms. The molecule has 3 heterocycles. The molecule has 3 aromatic rings. The van der Waals surface area contributed by atoms with Crippen LogP contribution in [-0.2, 0) is 24.4 Å². The topological polar surface area (TPSA) is 65.9 Å². The summed E-state index contributed by atoms with van der Waals surface area (Å²) in [7, 11) is 0. The van der Waals surface area contributed by atoms with Gasteiger partial charge in [-0.15, -0.1) is 11.3 Å². The van der Waals surface area contributed by atoms with Crippen LogP contribution in [0.1, 0.15) is 66.3 Å². The van der Waals surface area contributed by atoms with Crippen molar-refractivity contribution in [3.8, 4) is 17.0 Å². The van der Waals surface area contributed by atoms with Gasteiger partial charge >= 0.3 is 5.97 Å². The number of aliphatic carboxylic acids is 1. The number of carboxylic acid groups (broad SMARTS) is 1. The van der Waals surface area contributed by atoms with E-state index in [0.29, 0.717) is 13.2 Å². The minimum absolute atomic E-state index is 0.255. The maximum atomic E-state index is 11.8. The average Bonchev–Trinajstić information content (AvgIpc) is 3.29. The molecule has 6 nitrogen and oxygen atoms in total. The lowest BCUT2D eigenvalue weighted by molar-refractivity contribution is -0.143. The molecule has 0 unspecified atom stereocenters. The molecular weight excluding hydrogens is 518 g/mol. The normalized spacial score (nSPS) is 24.6. The fourth-order valence-corrected chi connectivity index (χ4v) is 8.34. The zero-order chi connectivity index (χ0) is 27.4. The van der Waals surface area contributed by atoms with Gasteiger partial charge in [0.15, 0.2) is 5.13 Å². The van der Waals surface area contributed by atoms with E-state index in [2.05, 4.69) is 59.4 Å². The van der Waals surface area contributed by atoms with Crippen molar-refractivity contribution in [2.24, 2.45) is 11.3 Å². The van der Waals surface area contributed by atoms with Crippen molar-refractivity contribution in [3.63, 3.8) is 0 Å². The van der Waals surface area contributed by atoms with Gasteiger partial charge in [-0.05, 0) is 79.3 Å². The van der Waals surface area contributed by atoms with Gasteiger partial charge < -0.3 is 14.7 Å². The number of aromatic nitrogens is 1. The van der Waals surface area contributed by atoms with Gasteiger partial charge in [-0.3, -0.25) is 9.69 Å². The number of fused-ring (bicyclic) bond motifs is 2. The van der Waals surface area contributed by atoms with Crippen LogP contribution in [0.25, 0.3) is 11.3 Å². The van der Waals surface area contributed by atoms with Crippen LogP contribution in [0.2, 0.25) is 0 Å². The molecule has 2 aliphatic heterocycles. The van der Waals surface area contributed by atoms with Gasteiger partial charge in [-0.2, -0.15) is 0 Å². The Hall–Kier alpha value is -2.90. The van der Waals surface area contributed by atoms with Crippen LogP contribution in [0.3, 0.4) is 0 Å². The Morgan fingerprint density at radius 3 is 2.83 bits per heavy atom. The van der Waals surface area contributed by atoms with Crippen LogP contribution < -0.4 is 9.64 Å². The molecule has 4 aliphatic rings. The number of ether oxygens (including phenoxy) is 1. The largest absolute Gasteiger partial charge is 0.488 e. The quantitative estimate of drug-likeness (QED) is 0.353. The number of benzene rings is 2. The van der Waals surface area contributed by atoms with Gasteiger partial charge in [0.2, 0.25) is 0 Å². The van der Waals surface area contributed by atoms with Gasteiger partial charge in [-0.25, -0.2) is 4.98 Å². The van der Waals surface area contributed by atoms with Crippen LogP contribution in [0.5, 0.6) is 5.75 Å². The number of hydrogen-bond acceptors (Lipinski definition) is 6. The van der Waals surface area contributed by atoms with E-state index in [-0.39, 0.29) is 5.92 Å². The first-order valence-electron chi connectivity index (χ1n) is 14.9. The molecule has 210 valence electrons. The number of piperidine rings is 1. The second-order valence-corrected chi connectivity index (χ2v) is 13.4. The van der Waals surface area contributed by atoms with E-state index in [4.69, 9.17) is 9.72 Å². The Labute approximate surface area is 241 Å². The van der Waals surface area contributed by atoms with Gasteiger partial charge in [0.25, 0.3) is 0 Å². The van der Waals surface area contributed by atoms with Gasteiger partial charge in [0.05, 0.1) is 11.1 Å². The summed E-state index contributed by atoms with van der Waals surface area (Å²) in [5.41, 5.74) is 8.06. The summed E-state index contributed by atoms with van der Waals surface area (Å²) in [6.45, 7) is 8.49. The van der Waals surface area contributed by atoms with Crippen LogP contribution in [0, 0.1) is 25.2 Å². The molecule has 0 radical (unpaired) electrons. The average molecular weight is 558 g/mol. The van der Waals surface area contributed by atoms with Gasteiger partial charge in [-0.1, -0.05) is 43.5 Å². The summed E-state index contributed by atoms with van der Waals surface area (Å²) in [4.78, 5) is 21.6. The first-order valence-corrected chi connectivity index (χ1v) is 15.8. The fraction of sp³-hybridized carbons (Fsp3) is 0.515. The third-order valence-electron chi connectivity index (χ3n) is 9.95. The zero-order valence-corrected chi connectivity index (χ0v) is 24.4. The molecule has 0 bridgehead atoms. The maximum absolute atomic E-state index is 11.8. The molecule has 0 amide bonds. The Bertz CT molecular complexity index is 1440. The van der Waals surface area contributed by atoms with E-state index in [1.807, 2.05) is 0 Å². The number of rotatable bonds is 7. The van der Waals surface area contributed by atoms with E-state index >= 15 is 0 Å². The predicted octanol–water partition coefficient (Wildman–Crippen LogP) is 6.61. The fourth-order valence-electron chi connectivity index (χ4n) is 7.50. The van der Waals surface area contributed by atoms with E-state index in [1.165, 1.54) is 60.9 Å². The van der Waals surface area contributed by atoms with Gasteiger partial charge in [0.1, 0.15) is 12.4 Å². The zero-order valence-electron chi connectivity index (χ0n) is 23.6. The third-order valence-corrected chi connectivity index (χ3v) is 10.9. The summed E-state index contributed by atoms with van der Waals surface area (Å²) in [6, 6.07) is 11.7. The van der Waals surface area contributed by atoms with Crippen LogP contribution >= 0.6 is 11.3 Å².